The first-order valence-electron chi connectivity index (χ1n) is 8.92. The van der Waals surface area contributed by atoms with Gasteiger partial charge >= 0.3 is 0 Å². The van der Waals surface area contributed by atoms with E-state index in [1.54, 1.807) is 4.68 Å². The summed E-state index contributed by atoms with van der Waals surface area (Å²) in [6.07, 6.45) is 0.775. The number of nitrogens with zero attached hydrogens (tertiary/aromatic N) is 4. The minimum Gasteiger partial charge on any atom is -0.325 e. The summed E-state index contributed by atoms with van der Waals surface area (Å²) >= 11 is 1.35. The first-order chi connectivity index (χ1) is 13.1. The Hall–Kier alpha value is -2.67. The maximum atomic E-state index is 12.4. The van der Waals surface area contributed by atoms with Gasteiger partial charge in [-0.3, -0.25) is 4.79 Å². The van der Waals surface area contributed by atoms with Crippen LogP contribution in [0.3, 0.4) is 0 Å². The van der Waals surface area contributed by atoms with Crippen LogP contribution in [0.1, 0.15) is 25.0 Å². The van der Waals surface area contributed by atoms with E-state index in [9.17, 15) is 4.79 Å². The van der Waals surface area contributed by atoms with Gasteiger partial charge in [0.2, 0.25) is 11.1 Å². The van der Waals surface area contributed by atoms with E-state index >= 15 is 0 Å². The quantitative estimate of drug-likeness (QED) is 0.603. The zero-order valence-corrected chi connectivity index (χ0v) is 16.3. The fourth-order valence-electron chi connectivity index (χ4n) is 2.69. The molecule has 1 amide bonds. The van der Waals surface area contributed by atoms with Crippen LogP contribution in [0.4, 0.5) is 5.69 Å². The van der Waals surface area contributed by atoms with Gasteiger partial charge in [-0.05, 0) is 40.0 Å². The molecule has 0 aliphatic rings. The molecule has 3 rings (SSSR count). The number of amides is 1. The molecule has 0 atom stereocenters. The second kappa shape index (κ2) is 9.32. The van der Waals surface area contributed by atoms with Crippen LogP contribution in [0.5, 0.6) is 0 Å². The minimum absolute atomic E-state index is 0.0698. The lowest BCUT2D eigenvalue weighted by atomic mass is 10.0. The summed E-state index contributed by atoms with van der Waals surface area (Å²) in [6.45, 7) is 4.94. The first-order valence-corrected chi connectivity index (χ1v) is 9.91. The number of nitrogens with one attached hydrogen (secondary N) is 1. The number of hydrogen-bond acceptors (Lipinski definition) is 5. The van der Waals surface area contributed by atoms with Crippen LogP contribution in [0.25, 0.3) is 0 Å². The van der Waals surface area contributed by atoms with E-state index in [-0.39, 0.29) is 11.7 Å². The standard InChI is InChI=1S/C20H23N5OS/c1-15(2)13-25-20(22-23-24-25)27-14-19(26)21-18-11-7-6-10-17(18)12-16-8-4-3-5-9-16/h3-11,15H,12-14H2,1-2H3,(H,21,26). The van der Waals surface area contributed by atoms with E-state index in [1.807, 2.05) is 42.5 Å². The number of benzene rings is 2. The Balaban J connectivity index is 1.61. The van der Waals surface area contributed by atoms with E-state index in [2.05, 4.69) is 46.8 Å². The van der Waals surface area contributed by atoms with E-state index < -0.39 is 0 Å². The monoisotopic (exact) mass is 381 g/mol. The van der Waals surface area contributed by atoms with Gasteiger partial charge in [0.05, 0.1) is 5.75 Å². The molecule has 140 valence electrons. The summed E-state index contributed by atoms with van der Waals surface area (Å²) in [6, 6.07) is 18.1. The number of hydrogen-bond donors (Lipinski definition) is 1. The Kier molecular flexibility index (Phi) is 6.59. The summed E-state index contributed by atoms with van der Waals surface area (Å²) in [5.41, 5.74) is 3.14. The van der Waals surface area contributed by atoms with Crippen molar-refractivity contribution in [3.8, 4) is 0 Å². The molecule has 2 aromatic carbocycles. The summed E-state index contributed by atoms with van der Waals surface area (Å²) < 4.78 is 1.74. The molecule has 7 heteroatoms. The van der Waals surface area contributed by atoms with Crippen molar-refractivity contribution in [1.29, 1.82) is 0 Å². The molecule has 0 aliphatic heterocycles. The molecule has 1 heterocycles. The molecule has 0 saturated heterocycles. The van der Waals surface area contributed by atoms with Crippen LogP contribution in [-0.4, -0.2) is 31.9 Å². The van der Waals surface area contributed by atoms with E-state index in [1.165, 1.54) is 17.3 Å². The minimum atomic E-state index is -0.0698. The van der Waals surface area contributed by atoms with Gasteiger partial charge in [0.1, 0.15) is 0 Å². The molecule has 0 aliphatic carbocycles. The topological polar surface area (TPSA) is 72.7 Å². The average molecular weight is 382 g/mol. The number of thioether (sulfide) groups is 1. The Morgan fingerprint density at radius 2 is 1.85 bits per heavy atom. The van der Waals surface area contributed by atoms with E-state index in [0.29, 0.717) is 11.1 Å². The van der Waals surface area contributed by atoms with Gasteiger partial charge in [0.15, 0.2) is 0 Å². The van der Waals surface area contributed by atoms with Crippen molar-refractivity contribution in [1.82, 2.24) is 20.2 Å². The maximum absolute atomic E-state index is 12.4. The molecule has 0 bridgehead atoms. The second-order valence-corrected chi connectivity index (χ2v) is 7.64. The van der Waals surface area contributed by atoms with Gasteiger partial charge in [-0.1, -0.05) is 74.1 Å². The second-order valence-electron chi connectivity index (χ2n) is 6.69. The van der Waals surface area contributed by atoms with Crippen LogP contribution < -0.4 is 5.32 Å². The van der Waals surface area contributed by atoms with Crippen molar-refractivity contribution in [2.75, 3.05) is 11.1 Å². The third-order valence-corrected chi connectivity index (χ3v) is 4.86. The average Bonchev–Trinajstić information content (AvgIpc) is 3.09. The molecule has 0 radical (unpaired) electrons. The van der Waals surface area contributed by atoms with Crippen molar-refractivity contribution in [3.05, 3.63) is 65.7 Å². The Morgan fingerprint density at radius 3 is 2.63 bits per heavy atom. The van der Waals surface area contributed by atoms with Crippen LogP contribution in [0.2, 0.25) is 0 Å². The van der Waals surface area contributed by atoms with Crippen LogP contribution in [-0.2, 0) is 17.8 Å². The number of aromatic nitrogens is 4. The smallest absolute Gasteiger partial charge is 0.234 e. The molecular formula is C20H23N5OS. The number of carbonyl (C=O) groups is 1. The van der Waals surface area contributed by atoms with Crippen molar-refractivity contribution < 1.29 is 4.79 Å². The predicted octanol–water partition coefficient (Wildman–Crippen LogP) is 3.65. The van der Waals surface area contributed by atoms with Crippen molar-refractivity contribution in [2.45, 2.75) is 32.0 Å². The highest BCUT2D eigenvalue weighted by Gasteiger charge is 2.12. The highest BCUT2D eigenvalue weighted by atomic mass is 32.2. The molecule has 3 aromatic rings. The zero-order valence-electron chi connectivity index (χ0n) is 15.5. The van der Waals surface area contributed by atoms with E-state index in [4.69, 9.17) is 0 Å². The summed E-state index contributed by atoms with van der Waals surface area (Å²) in [7, 11) is 0. The van der Waals surface area contributed by atoms with Gasteiger partial charge in [-0.15, -0.1) is 5.10 Å². The molecule has 0 spiro atoms. The van der Waals surface area contributed by atoms with Crippen LogP contribution in [0.15, 0.2) is 59.8 Å². The third kappa shape index (κ3) is 5.65. The lowest BCUT2D eigenvalue weighted by molar-refractivity contribution is -0.113. The van der Waals surface area contributed by atoms with Crippen LogP contribution in [0, 0.1) is 5.92 Å². The largest absolute Gasteiger partial charge is 0.325 e. The molecule has 0 unspecified atom stereocenters. The number of carbonyl (C=O) groups excluding carboxylic acids is 1. The molecule has 0 fully saturated rings. The predicted molar refractivity (Wildman–Crippen MR) is 108 cm³/mol. The Labute approximate surface area is 163 Å². The zero-order chi connectivity index (χ0) is 19.1. The summed E-state index contributed by atoms with van der Waals surface area (Å²) in [4.78, 5) is 12.4. The SMILES string of the molecule is CC(C)Cn1nnnc1SCC(=O)Nc1ccccc1Cc1ccccc1. The molecule has 1 N–H and O–H groups in total. The van der Waals surface area contributed by atoms with Gasteiger partial charge in [0.25, 0.3) is 0 Å². The lowest BCUT2D eigenvalue weighted by Gasteiger charge is -2.11. The normalized spacial score (nSPS) is 10.9. The fraction of sp³-hybridized carbons (Fsp3) is 0.300. The molecule has 1 aromatic heterocycles. The summed E-state index contributed by atoms with van der Waals surface area (Å²) in [5.74, 6) is 0.629. The third-order valence-electron chi connectivity index (χ3n) is 3.90. The molecule has 6 nitrogen and oxygen atoms in total. The van der Waals surface area contributed by atoms with Crippen molar-refractivity contribution in [3.63, 3.8) is 0 Å². The number of tetrazole rings is 1. The molecular weight excluding hydrogens is 358 g/mol. The first kappa shape index (κ1) is 19.1. The fourth-order valence-corrected chi connectivity index (χ4v) is 3.38. The van der Waals surface area contributed by atoms with Gasteiger partial charge in [-0.2, -0.15) is 0 Å². The number of anilines is 1. The Morgan fingerprint density at radius 1 is 1.11 bits per heavy atom. The highest BCUT2D eigenvalue weighted by Crippen LogP contribution is 2.20. The maximum Gasteiger partial charge on any atom is 0.234 e. The van der Waals surface area contributed by atoms with Gasteiger partial charge in [-0.25, -0.2) is 4.68 Å². The van der Waals surface area contributed by atoms with Crippen molar-refractivity contribution >= 4 is 23.4 Å². The number of para-hydroxylation sites is 1. The van der Waals surface area contributed by atoms with Gasteiger partial charge < -0.3 is 5.32 Å². The van der Waals surface area contributed by atoms with Gasteiger partial charge in [0, 0.05) is 12.2 Å². The molecule has 27 heavy (non-hydrogen) atoms. The Bertz CT molecular complexity index is 879. The molecule has 0 saturated carbocycles. The number of rotatable bonds is 8. The summed E-state index contributed by atoms with van der Waals surface area (Å²) in [5, 5.41) is 15.4. The highest BCUT2D eigenvalue weighted by molar-refractivity contribution is 7.99. The van der Waals surface area contributed by atoms with Crippen molar-refractivity contribution in [2.24, 2.45) is 5.92 Å². The van der Waals surface area contributed by atoms with Crippen LogP contribution >= 0.6 is 11.8 Å². The van der Waals surface area contributed by atoms with E-state index in [0.717, 1.165) is 24.2 Å². The lowest BCUT2D eigenvalue weighted by Crippen LogP contribution is -2.16.